The first kappa shape index (κ1) is 20.8. The molecule has 2 aromatic carbocycles. The Kier molecular flexibility index (Phi) is 6.42. The number of ether oxygens (including phenoxy) is 3. The molecule has 0 N–H and O–H groups in total. The van der Waals surface area contributed by atoms with E-state index in [1.54, 1.807) is 11.8 Å². The van der Waals surface area contributed by atoms with Crippen LogP contribution in [-0.2, 0) is 17.8 Å². The minimum absolute atomic E-state index is 0.362. The van der Waals surface area contributed by atoms with Crippen LogP contribution in [0.25, 0.3) is 11.0 Å². The van der Waals surface area contributed by atoms with Crippen molar-refractivity contribution in [3.63, 3.8) is 0 Å². The Hall–Kier alpha value is -3.46. The number of hydrogen-bond acceptors (Lipinski definition) is 8. The number of fused-ring (bicyclic) bond motifs is 1. The SMILES string of the molecule is CCCOc1nn(Cc2cccc(OC)c2)c(OC=O)c1Cc1ccc2nsnc2c1. The molecule has 0 saturated heterocycles. The molecule has 4 rings (SSSR count). The van der Waals surface area contributed by atoms with Crippen LogP contribution in [-0.4, -0.2) is 38.7 Å². The summed E-state index contributed by atoms with van der Waals surface area (Å²) in [7, 11) is 1.62. The van der Waals surface area contributed by atoms with Crippen molar-refractivity contribution in [2.45, 2.75) is 26.3 Å². The Morgan fingerprint density at radius 2 is 1.97 bits per heavy atom. The molecular weight excluding hydrogens is 416 g/mol. The second-order valence-electron chi connectivity index (χ2n) is 6.92. The highest BCUT2D eigenvalue weighted by Gasteiger charge is 2.22. The van der Waals surface area contributed by atoms with Crippen molar-refractivity contribution in [2.75, 3.05) is 13.7 Å². The van der Waals surface area contributed by atoms with E-state index in [1.807, 2.05) is 49.4 Å². The van der Waals surface area contributed by atoms with Gasteiger partial charge < -0.3 is 14.2 Å². The highest BCUT2D eigenvalue weighted by molar-refractivity contribution is 7.00. The number of benzene rings is 2. The van der Waals surface area contributed by atoms with Gasteiger partial charge in [-0.25, -0.2) is 4.68 Å². The van der Waals surface area contributed by atoms with E-state index in [-0.39, 0.29) is 0 Å². The highest BCUT2D eigenvalue weighted by Crippen LogP contribution is 2.32. The van der Waals surface area contributed by atoms with Crippen molar-refractivity contribution < 1.29 is 19.0 Å². The Labute approximate surface area is 183 Å². The molecule has 0 spiro atoms. The highest BCUT2D eigenvalue weighted by atomic mass is 32.1. The topological polar surface area (TPSA) is 88.4 Å². The summed E-state index contributed by atoms with van der Waals surface area (Å²) in [5.74, 6) is 1.56. The predicted molar refractivity (Wildman–Crippen MR) is 117 cm³/mol. The molecular formula is C22H22N4O4S. The monoisotopic (exact) mass is 438 g/mol. The third-order valence-electron chi connectivity index (χ3n) is 4.73. The van der Waals surface area contributed by atoms with Gasteiger partial charge in [-0.2, -0.15) is 8.75 Å². The Morgan fingerprint density at radius 3 is 2.77 bits per heavy atom. The lowest BCUT2D eigenvalue weighted by atomic mass is 10.1. The Balaban J connectivity index is 1.72. The maximum absolute atomic E-state index is 11.3. The molecule has 31 heavy (non-hydrogen) atoms. The van der Waals surface area contributed by atoms with E-state index < -0.39 is 0 Å². The number of rotatable bonds is 10. The molecule has 0 fully saturated rings. The summed E-state index contributed by atoms with van der Waals surface area (Å²) in [6.07, 6.45) is 1.32. The van der Waals surface area contributed by atoms with Crippen LogP contribution < -0.4 is 14.2 Å². The summed E-state index contributed by atoms with van der Waals surface area (Å²) in [5, 5.41) is 4.61. The lowest BCUT2D eigenvalue weighted by Crippen LogP contribution is -2.06. The van der Waals surface area contributed by atoms with Crippen LogP contribution in [0.15, 0.2) is 42.5 Å². The average Bonchev–Trinajstić information content (AvgIpc) is 3.38. The normalized spacial score (nSPS) is 10.9. The van der Waals surface area contributed by atoms with Gasteiger partial charge in [-0.15, -0.1) is 5.10 Å². The summed E-state index contributed by atoms with van der Waals surface area (Å²) in [5.41, 5.74) is 4.36. The Morgan fingerprint density at radius 1 is 1.10 bits per heavy atom. The number of nitrogens with zero attached hydrogens (tertiary/aromatic N) is 4. The van der Waals surface area contributed by atoms with Crippen LogP contribution in [0.3, 0.4) is 0 Å². The lowest BCUT2D eigenvalue weighted by Gasteiger charge is -2.08. The molecule has 0 radical (unpaired) electrons. The van der Waals surface area contributed by atoms with E-state index in [2.05, 4.69) is 13.8 Å². The van der Waals surface area contributed by atoms with Crippen LogP contribution in [0.4, 0.5) is 0 Å². The molecule has 0 saturated carbocycles. The van der Waals surface area contributed by atoms with Gasteiger partial charge in [-0.3, -0.25) is 4.79 Å². The minimum Gasteiger partial charge on any atom is -0.497 e. The fourth-order valence-corrected chi connectivity index (χ4v) is 3.82. The summed E-state index contributed by atoms with van der Waals surface area (Å²) in [6.45, 7) is 3.36. The zero-order chi connectivity index (χ0) is 21.6. The zero-order valence-corrected chi connectivity index (χ0v) is 18.1. The molecule has 2 heterocycles. The molecule has 0 aliphatic heterocycles. The van der Waals surface area contributed by atoms with Crippen molar-refractivity contribution in [2.24, 2.45) is 0 Å². The largest absolute Gasteiger partial charge is 0.497 e. The fraction of sp³-hybridized carbons (Fsp3) is 0.273. The second kappa shape index (κ2) is 9.57. The summed E-state index contributed by atoms with van der Waals surface area (Å²) >= 11 is 1.18. The van der Waals surface area contributed by atoms with E-state index in [0.717, 1.165) is 34.3 Å². The van der Waals surface area contributed by atoms with E-state index in [0.29, 0.717) is 43.4 Å². The zero-order valence-electron chi connectivity index (χ0n) is 17.3. The molecule has 9 heteroatoms. The lowest BCUT2D eigenvalue weighted by molar-refractivity contribution is -0.121. The minimum atomic E-state index is 0.362. The molecule has 0 amide bonds. The maximum Gasteiger partial charge on any atom is 0.299 e. The third kappa shape index (κ3) is 4.66. The van der Waals surface area contributed by atoms with Crippen molar-refractivity contribution in [1.82, 2.24) is 18.5 Å². The molecule has 2 aromatic heterocycles. The summed E-state index contributed by atoms with van der Waals surface area (Å²) in [4.78, 5) is 11.3. The van der Waals surface area contributed by atoms with E-state index in [1.165, 1.54) is 11.7 Å². The van der Waals surface area contributed by atoms with Gasteiger partial charge in [0.25, 0.3) is 6.47 Å². The van der Waals surface area contributed by atoms with Gasteiger partial charge in [-0.05, 0) is 41.8 Å². The van der Waals surface area contributed by atoms with Crippen molar-refractivity contribution in [3.8, 4) is 17.5 Å². The number of carbonyl (C=O) groups is 1. The summed E-state index contributed by atoms with van der Waals surface area (Å²) < 4.78 is 26.8. The molecule has 0 atom stereocenters. The van der Waals surface area contributed by atoms with Crippen LogP contribution in [0, 0.1) is 0 Å². The van der Waals surface area contributed by atoms with Gasteiger partial charge in [0.2, 0.25) is 11.8 Å². The van der Waals surface area contributed by atoms with Gasteiger partial charge >= 0.3 is 0 Å². The van der Waals surface area contributed by atoms with Crippen LogP contribution in [0.1, 0.15) is 30.0 Å². The first-order chi connectivity index (χ1) is 15.2. The average molecular weight is 439 g/mol. The molecule has 0 bridgehead atoms. The fourth-order valence-electron chi connectivity index (χ4n) is 3.30. The molecule has 160 valence electrons. The standard InChI is InChI=1S/C22H22N4O4S/c1-3-9-29-21-18(11-15-7-8-19-20(12-15)25-31-24-19)22(30-14-27)26(23-21)13-16-5-4-6-17(10-16)28-2/h4-8,10,12,14H,3,9,11,13H2,1-2H3. The molecule has 4 aromatic rings. The molecule has 0 aliphatic carbocycles. The van der Waals surface area contributed by atoms with E-state index in [4.69, 9.17) is 14.2 Å². The predicted octanol–water partition coefficient (Wildman–Crippen LogP) is 3.86. The van der Waals surface area contributed by atoms with Gasteiger partial charge in [0, 0.05) is 6.42 Å². The Bertz CT molecular complexity index is 1190. The number of aromatic nitrogens is 4. The maximum atomic E-state index is 11.3. The number of methoxy groups -OCH3 is 1. The van der Waals surface area contributed by atoms with Crippen molar-refractivity contribution >= 4 is 29.2 Å². The van der Waals surface area contributed by atoms with Crippen molar-refractivity contribution in [3.05, 3.63) is 59.2 Å². The molecule has 8 nitrogen and oxygen atoms in total. The number of hydrogen-bond donors (Lipinski definition) is 0. The quantitative estimate of drug-likeness (QED) is 0.347. The van der Waals surface area contributed by atoms with Crippen LogP contribution >= 0.6 is 11.7 Å². The van der Waals surface area contributed by atoms with E-state index >= 15 is 0 Å². The first-order valence-corrected chi connectivity index (χ1v) is 10.6. The van der Waals surface area contributed by atoms with Gasteiger partial charge in [0.15, 0.2) is 0 Å². The molecule has 0 unspecified atom stereocenters. The van der Waals surface area contributed by atoms with Crippen molar-refractivity contribution in [1.29, 1.82) is 0 Å². The molecule has 0 aliphatic rings. The van der Waals surface area contributed by atoms with Gasteiger partial charge in [0.1, 0.15) is 16.8 Å². The number of carbonyl (C=O) groups excluding carboxylic acids is 1. The van der Waals surface area contributed by atoms with Crippen LogP contribution in [0.2, 0.25) is 0 Å². The first-order valence-electron chi connectivity index (χ1n) is 9.88. The second-order valence-corrected chi connectivity index (χ2v) is 7.45. The van der Waals surface area contributed by atoms with Crippen LogP contribution in [0.5, 0.6) is 17.5 Å². The third-order valence-corrected chi connectivity index (χ3v) is 5.29. The van der Waals surface area contributed by atoms with E-state index in [9.17, 15) is 4.79 Å². The van der Waals surface area contributed by atoms with Gasteiger partial charge in [0.05, 0.1) is 37.6 Å². The summed E-state index contributed by atoms with van der Waals surface area (Å²) in [6, 6.07) is 13.6. The van der Waals surface area contributed by atoms with Gasteiger partial charge in [-0.1, -0.05) is 25.1 Å². The smallest absolute Gasteiger partial charge is 0.299 e.